The summed E-state index contributed by atoms with van der Waals surface area (Å²) in [7, 11) is 1.35. The molecule has 1 fully saturated rings. The number of aliphatic carboxylic acids is 1. The fraction of sp³-hybridized carbons (Fsp3) is 0.605. The molecule has 0 bridgehead atoms. The van der Waals surface area contributed by atoms with Crippen LogP contribution in [-0.2, 0) is 49.6 Å². The summed E-state index contributed by atoms with van der Waals surface area (Å²) in [4.78, 5) is 133. The second-order valence-corrected chi connectivity index (χ2v) is 17.2. The molecular weight excluding hydrogens is 873 g/mol. The van der Waals surface area contributed by atoms with Crippen molar-refractivity contribution in [1.82, 2.24) is 42.1 Å². The van der Waals surface area contributed by atoms with Gasteiger partial charge in [0.1, 0.15) is 48.3 Å². The van der Waals surface area contributed by atoms with Crippen LogP contribution in [0.1, 0.15) is 85.6 Å². The molecule has 372 valence electrons. The maximum absolute atomic E-state index is 14.3. The Kier molecular flexibility index (Phi) is 23.0. The summed E-state index contributed by atoms with van der Waals surface area (Å²) in [6.07, 6.45) is -0.761. The largest absolute Gasteiger partial charge is 0.481 e. The fourth-order valence-corrected chi connectivity index (χ4v) is 6.98. The van der Waals surface area contributed by atoms with Crippen LogP contribution in [0.4, 0.5) is 0 Å². The summed E-state index contributed by atoms with van der Waals surface area (Å²) in [6, 6.07) is -2.31. The molecule has 1 aromatic carbocycles. The Morgan fingerprint density at radius 2 is 1.09 bits per heavy atom. The predicted molar refractivity (Wildman–Crippen MR) is 248 cm³/mol. The van der Waals surface area contributed by atoms with Crippen LogP contribution in [0.5, 0.6) is 0 Å². The van der Waals surface area contributed by atoms with E-state index in [2.05, 4.69) is 47.2 Å². The van der Waals surface area contributed by atoms with Crippen molar-refractivity contribution in [1.29, 1.82) is 0 Å². The van der Waals surface area contributed by atoms with E-state index in [1.807, 2.05) is 0 Å². The molecule has 0 spiro atoms. The number of nitrogens with zero attached hydrogens (tertiary/aromatic N) is 3. The minimum Gasteiger partial charge on any atom is -0.481 e. The Hall–Kier alpha value is -7.01. The SMILES string of the molecule is CC(C)C[C@@H]1NC(=O)[C@H](Cc2ccccc2)N(C)C(=O)[C@@H](C)NC(=O)[C@@H](C)NC(=O)[C@@H](CCCN=C(N)N)NC(=O)[C@@H](CCCN=C(N)N)NC(=O)[C@H](C(C)C)NC(=O)[C@H](CC(=O)O)NC1=O. The molecule has 0 aliphatic carbocycles. The molecule has 1 aromatic rings. The maximum Gasteiger partial charge on any atom is 0.305 e. The van der Waals surface area contributed by atoms with E-state index in [1.54, 1.807) is 58.0 Å². The van der Waals surface area contributed by atoms with Gasteiger partial charge in [0.25, 0.3) is 0 Å². The van der Waals surface area contributed by atoms with Crippen LogP contribution in [0.25, 0.3) is 0 Å². The van der Waals surface area contributed by atoms with Crippen molar-refractivity contribution < 1.29 is 48.3 Å². The van der Waals surface area contributed by atoms with Crippen molar-refractivity contribution in [3.63, 3.8) is 0 Å². The molecule has 1 saturated heterocycles. The second kappa shape index (κ2) is 27.5. The molecule has 16 N–H and O–H groups in total. The molecule has 0 unspecified atom stereocenters. The molecule has 1 aliphatic heterocycles. The van der Waals surface area contributed by atoms with E-state index >= 15 is 0 Å². The first-order valence-corrected chi connectivity index (χ1v) is 22.2. The van der Waals surface area contributed by atoms with Crippen LogP contribution in [0.15, 0.2) is 40.3 Å². The van der Waals surface area contributed by atoms with Gasteiger partial charge in [0.2, 0.25) is 47.3 Å². The Labute approximate surface area is 390 Å². The first kappa shape index (κ1) is 56.1. The second-order valence-electron chi connectivity index (χ2n) is 17.2. The number of hydrogen-bond acceptors (Lipinski definition) is 11. The molecule has 8 amide bonds. The van der Waals surface area contributed by atoms with Crippen LogP contribution < -0.4 is 60.2 Å². The van der Waals surface area contributed by atoms with E-state index < -0.39 is 114 Å². The van der Waals surface area contributed by atoms with E-state index in [-0.39, 0.29) is 69.5 Å². The topological polar surface area (TPSA) is 390 Å². The Morgan fingerprint density at radius 1 is 0.627 bits per heavy atom. The monoisotopic (exact) mass is 943 g/mol. The highest BCUT2D eigenvalue weighted by Crippen LogP contribution is 2.14. The average molecular weight is 943 g/mol. The summed E-state index contributed by atoms with van der Waals surface area (Å²) in [6.45, 7) is 9.54. The number of guanidine groups is 2. The van der Waals surface area contributed by atoms with Crippen molar-refractivity contribution in [3.8, 4) is 0 Å². The minimum atomic E-state index is -1.76. The Bertz CT molecular complexity index is 1960. The fourth-order valence-electron chi connectivity index (χ4n) is 6.98. The summed E-state index contributed by atoms with van der Waals surface area (Å²) in [5.74, 6) is -9.59. The maximum atomic E-state index is 14.3. The number of aliphatic imine (C=N–C) groups is 2. The number of carbonyl (C=O) groups excluding carboxylic acids is 8. The van der Waals surface area contributed by atoms with E-state index in [4.69, 9.17) is 22.9 Å². The van der Waals surface area contributed by atoms with Crippen LogP contribution in [0.3, 0.4) is 0 Å². The number of likely N-dealkylation sites (N-methyl/N-ethyl adjacent to an activating group) is 1. The molecule has 24 nitrogen and oxygen atoms in total. The van der Waals surface area contributed by atoms with E-state index in [9.17, 15) is 48.3 Å². The lowest BCUT2D eigenvalue weighted by Crippen LogP contribution is -2.62. The average Bonchev–Trinajstić information content (AvgIpc) is 3.24. The lowest BCUT2D eigenvalue weighted by molar-refractivity contribution is -0.143. The normalized spacial score (nSPS) is 24.5. The highest BCUT2D eigenvalue weighted by atomic mass is 16.4. The molecular formula is C43H70N14O10. The Morgan fingerprint density at radius 3 is 1.60 bits per heavy atom. The number of rotatable bonds is 15. The van der Waals surface area contributed by atoms with Crippen molar-refractivity contribution >= 4 is 65.1 Å². The summed E-state index contributed by atoms with van der Waals surface area (Å²) in [5, 5.41) is 27.8. The number of carboxylic acids is 1. The third-order valence-electron chi connectivity index (χ3n) is 10.6. The lowest BCUT2D eigenvalue weighted by atomic mass is 9.99. The van der Waals surface area contributed by atoms with Gasteiger partial charge in [-0.15, -0.1) is 0 Å². The molecule has 8 atom stereocenters. The molecule has 24 heteroatoms. The van der Waals surface area contributed by atoms with Gasteiger partial charge in [0.05, 0.1) is 6.42 Å². The summed E-state index contributed by atoms with van der Waals surface area (Å²) < 4.78 is 0. The van der Waals surface area contributed by atoms with Crippen LogP contribution >= 0.6 is 0 Å². The summed E-state index contributed by atoms with van der Waals surface area (Å²) >= 11 is 0. The Balaban J connectivity index is 2.75. The van der Waals surface area contributed by atoms with Gasteiger partial charge in [-0.25, -0.2) is 0 Å². The zero-order chi connectivity index (χ0) is 50.5. The predicted octanol–water partition coefficient (Wildman–Crippen LogP) is -3.21. The number of carbonyl (C=O) groups is 9. The van der Waals surface area contributed by atoms with Crippen LogP contribution in [0.2, 0.25) is 0 Å². The molecule has 67 heavy (non-hydrogen) atoms. The number of carboxylic acid groups (broad SMARTS) is 1. The van der Waals surface area contributed by atoms with Gasteiger partial charge in [0.15, 0.2) is 11.9 Å². The standard InChI is InChI=1S/C43H70N14O10/c1-22(2)19-29-37(63)54-30(21-32(58)59)38(64)56-33(23(3)4)40(66)53-28(16-12-18-49-43(46)47)36(62)52-27(15-11-17-48-42(44)45)35(61)50-24(5)34(60)51-25(6)41(67)57(7)31(39(65)55-29)20-26-13-9-8-10-14-26/h8-10,13-14,22-25,27-31,33H,11-12,15-21H2,1-7H3,(H,50,61)(H,51,60)(H,52,62)(H,53,66)(H,54,63)(H,55,65)(H,56,64)(H,58,59)(H4,44,45,48)(H4,46,47,49)/t24-,25-,27-,28-,29+,30+,31+,33+/m1/s1. The number of nitrogens with one attached hydrogen (secondary N) is 7. The third-order valence-corrected chi connectivity index (χ3v) is 10.6. The first-order valence-electron chi connectivity index (χ1n) is 22.2. The molecule has 0 radical (unpaired) electrons. The molecule has 1 aliphatic rings. The van der Waals surface area contributed by atoms with Gasteiger partial charge in [0, 0.05) is 26.6 Å². The third kappa shape index (κ3) is 19.6. The molecule has 0 saturated carbocycles. The number of hydrogen-bond donors (Lipinski definition) is 12. The quantitative estimate of drug-likeness (QED) is 0.0468. The molecule has 0 aromatic heterocycles. The number of amides is 8. The van der Waals surface area contributed by atoms with Crippen molar-refractivity contribution in [2.45, 2.75) is 135 Å². The van der Waals surface area contributed by atoms with Gasteiger partial charge in [-0.3, -0.25) is 53.1 Å². The lowest BCUT2D eigenvalue weighted by Gasteiger charge is -2.32. The number of nitrogens with two attached hydrogens (primary N) is 4. The van der Waals surface area contributed by atoms with Gasteiger partial charge in [-0.2, -0.15) is 0 Å². The van der Waals surface area contributed by atoms with Crippen LogP contribution in [-0.4, -0.2) is 144 Å². The van der Waals surface area contributed by atoms with Crippen LogP contribution in [0, 0.1) is 11.8 Å². The number of benzene rings is 1. The van der Waals surface area contributed by atoms with Gasteiger partial charge >= 0.3 is 5.97 Å². The highest BCUT2D eigenvalue weighted by molar-refractivity contribution is 5.99. The minimum absolute atomic E-state index is 0.0194. The van der Waals surface area contributed by atoms with Crippen molar-refractivity contribution in [3.05, 3.63) is 35.9 Å². The molecule has 2 rings (SSSR count). The smallest absolute Gasteiger partial charge is 0.305 e. The van der Waals surface area contributed by atoms with Gasteiger partial charge < -0.3 is 70.2 Å². The van der Waals surface area contributed by atoms with Crippen molar-refractivity contribution in [2.75, 3.05) is 20.1 Å². The van der Waals surface area contributed by atoms with Gasteiger partial charge in [-0.1, -0.05) is 58.0 Å². The van der Waals surface area contributed by atoms with E-state index in [0.29, 0.717) is 5.56 Å². The summed E-state index contributed by atoms with van der Waals surface area (Å²) in [5.41, 5.74) is 22.5. The van der Waals surface area contributed by atoms with Gasteiger partial charge in [-0.05, 0) is 63.4 Å². The van der Waals surface area contributed by atoms with Crippen molar-refractivity contribution in [2.24, 2.45) is 44.8 Å². The van der Waals surface area contributed by atoms with E-state index in [1.165, 1.54) is 20.9 Å². The highest BCUT2D eigenvalue weighted by Gasteiger charge is 2.37. The molecule has 1 heterocycles. The zero-order valence-corrected chi connectivity index (χ0v) is 39.3. The first-order chi connectivity index (χ1) is 31.4. The van der Waals surface area contributed by atoms with E-state index in [0.717, 1.165) is 4.90 Å². The zero-order valence-electron chi connectivity index (χ0n) is 39.3.